The second-order valence-corrected chi connectivity index (χ2v) is 3.86. The Morgan fingerprint density at radius 3 is 2.73 bits per heavy atom. The highest BCUT2D eigenvalue weighted by Crippen LogP contribution is 2.23. The number of hydrogen-bond donors (Lipinski definition) is 0. The first-order chi connectivity index (χ1) is 7.27. The molecule has 15 heavy (non-hydrogen) atoms. The highest BCUT2D eigenvalue weighted by atomic mass is 35.5. The topological polar surface area (TPSA) is 25.8 Å². The fourth-order valence-corrected chi connectivity index (χ4v) is 1.69. The lowest BCUT2D eigenvalue weighted by Gasteiger charge is -2.10. The number of hydrogen-bond acceptors (Lipinski definition) is 2. The molecule has 2 rings (SSSR count). The minimum Gasteiger partial charge on any atom is -0.159 e. The number of benzene rings is 1. The Labute approximate surface area is 93.9 Å². The molecule has 0 N–H and O–H groups in total. The monoisotopic (exact) mass is 218 g/mol. The average molecular weight is 219 g/mol. The molecule has 2 nitrogen and oxygen atoms in total. The zero-order valence-electron chi connectivity index (χ0n) is 8.39. The second kappa shape index (κ2) is 4.41. The van der Waals surface area contributed by atoms with Crippen molar-refractivity contribution in [2.24, 2.45) is 0 Å². The van der Waals surface area contributed by atoms with E-state index in [9.17, 15) is 0 Å². The van der Waals surface area contributed by atoms with E-state index in [4.69, 9.17) is 11.6 Å². The fraction of sp³-hybridized carbons (Fsp3) is 0.167. The molecule has 0 spiro atoms. The van der Waals surface area contributed by atoms with Gasteiger partial charge in [0.15, 0.2) is 0 Å². The third-order valence-corrected chi connectivity index (χ3v) is 2.62. The first-order valence-corrected chi connectivity index (χ1v) is 5.18. The molecule has 0 bridgehead atoms. The van der Waals surface area contributed by atoms with Crippen LogP contribution in [0.4, 0.5) is 0 Å². The molecule has 0 fully saturated rings. The van der Waals surface area contributed by atoms with Gasteiger partial charge < -0.3 is 0 Å². The SMILES string of the molecule is CC(c1cccc(Cl)c1)c1cccnn1. The average Bonchev–Trinajstić information content (AvgIpc) is 2.29. The summed E-state index contributed by atoms with van der Waals surface area (Å²) < 4.78 is 0. The van der Waals surface area contributed by atoms with Crippen molar-refractivity contribution in [2.75, 3.05) is 0 Å². The van der Waals surface area contributed by atoms with E-state index in [0.29, 0.717) is 0 Å². The predicted octanol–water partition coefficient (Wildman–Crippen LogP) is 3.28. The molecule has 0 radical (unpaired) electrons. The smallest absolute Gasteiger partial charge is 0.0703 e. The van der Waals surface area contributed by atoms with Gasteiger partial charge in [-0.1, -0.05) is 30.7 Å². The van der Waals surface area contributed by atoms with Gasteiger partial charge in [0.05, 0.1) is 5.69 Å². The van der Waals surface area contributed by atoms with E-state index in [1.165, 1.54) is 0 Å². The number of rotatable bonds is 2. The molecule has 1 heterocycles. The summed E-state index contributed by atoms with van der Waals surface area (Å²) >= 11 is 5.94. The van der Waals surface area contributed by atoms with E-state index in [0.717, 1.165) is 16.3 Å². The highest BCUT2D eigenvalue weighted by molar-refractivity contribution is 6.30. The van der Waals surface area contributed by atoms with Crippen LogP contribution in [0, 0.1) is 0 Å². The summed E-state index contributed by atoms with van der Waals surface area (Å²) in [6.45, 7) is 2.09. The maximum Gasteiger partial charge on any atom is 0.0703 e. The molecule has 1 aromatic heterocycles. The summed E-state index contributed by atoms with van der Waals surface area (Å²) in [5.74, 6) is 0.220. The summed E-state index contributed by atoms with van der Waals surface area (Å²) in [5, 5.41) is 8.72. The van der Waals surface area contributed by atoms with Crippen LogP contribution in [-0.2, 0) is 0 Å². The van der Waals surface area contributed by atoms with E-state index in [1.54, 1.807) is 6.20 Å². The Balaban J connectivity index is 2.32. The Bertz CT molecular complexity index is 442. The van der Waals surface area contributed by atoms with Crippen LogP contribution >= 0.6 is 11.6 Å². The Kier molecular flexibility index (Phi) is 2.97. The van der Waals surface area contributed by atoms with Gasteiger partial charge in [0.25, 0.3) is 0 Å². The van der Waals surface area contributed by atoms with Gasteiger partial charge in [0, 0.05) is 17.1 Å². The van der Waals surface area contributed by atoms with Gasteiger partial charge in [-0.3, -0.25) is 0 Å². The normalized spacial score (nSPS) is 12.4. The zero-order chi connectivity index (χ0) is 10.7. The molecular formula is C12H11ClN2. The first kappa shape index (κ1) is 10.1. The van der Waals surface area contributed by atoms with Crippen molar-refractivity contribution in [2.45, 2.75) is 12.8 Å². The Morgan fingerprint density at radius 2 is 2.07 bits per heavy atom. The van der Waals surface area contributed by atoms with Crippen molar-refractivity contribution >= 4 is 11.6 Å². The van der Waals surface area contributed by atoms with Crippen molar-refractivity contribution < 1.29 is 0 Å². The van der Waals surface area contributed by atoms with Gasteiger partial charge in [-0.25, -0.2) is 0 Å². The van der Waals surface area contributed by atoms with Gasteiger partial charge in [-0.05, 0) is 29.8 Å². The first-order valence-electron chi connectivity index (χ1n) is 4.80. The molecule has 2 aromatic rings. The van der Waals surface area contributed by atoms with E-state index in [2.05, 4.69) is 17.1 Å². The number of aromatic nitrogens is 2. The molecule has 1 unspecified atom stereocenters. The van der Waals surface area contributed by atoms with Crippen LogP contribution < -0.4 is 0 Å². The molecule has 0 saturated carbocycles. The Hall–Kier alpha value is -1.41. The maximum atomic E-state index is 5.94. The van der Waals surface area contributed by atoms with Crippen LogP contribution in [0.3, 0.4) is 0 Å². The second-order valence-electron chi connectivity index (χ2n) is 3.43. The quantitative estimate of drug-likeness (QED) is 0.773. The Morgan fingerprint density at radius 1 is 1.20 bits per heavy atom. The summed E-state index contributed by atoms with van der Waals surface area (Å²) in [6, 6.07) is 11.7. The molecule has 3 heteroatoms. The molecule has 0 amide bonds. The van der Waals surface area contributed by atoms with Crippen LogP contribution in [0.1, 0.15) is 24.1 Å². The highest BCUT2D eigenvalue weighted by Gasteiger charge is 2.09. The van der Waals surface area contributed by atoms with Crippen LogP contribution in [0.25, 0.3) is 0 Å². The third-order valence-electron chi connectivity index (χ3n) is 2.39. The van der Waals surface area contributed by atoms with Gasteiger partial charge >= 0.3 is 0 Å². The summed E-state index contributed by atoms with van der Waals surface area (Å²) in [4.78, 5) is 0. The van der Waals surface area contributed by atoms with Crippen LogP contribution in [0.2, 0.25) is 5.02 Å². The van der Waals surface area contributed by atoms with Crippen molar-refractivity contribution in [1.29, 1.82) is 0 Å². The molecule has 76 valence electrons. The number of nitrogens with zero attached hydrogens (tertiary/aromatic N) is 2. The fourth-order valence-electron chi connectivity index (χ4n) is 1.49. The predicted molar refractivity (Wildman–Crippen MR) is 61.0 cm³/mol. The minimum atomic E-state index is 0.220. The number of halogens is 1. The summed E-state index contributed by atoms with van der Waals surface area (Å²) in [6.07, 6.45) is 1.67. The maximum absolute atomic E-state index is 5.94. The molecule has 0 aliphatic carbocycles. The minimum absolute atomic E-state index is 0.220. The van der Waals surface area contributed by atoms with Crippen molar-refractivity contribution in [3.05, 3.63) is 58.9 Å². The van der Waals surface area contributed by atoms with E-state index in [-0.39, 0.29) is 5.92 Å². The van der Waals surface area contributed by atoms with E-state index >= 15 is 0 Å². The van der Waals surface area contributed by atoms with Crippen LogP contribution in [0.15, 0.2) is 42.6 Å². The van der Waals surface area contributed by atoms with Crippen molar-refractivity contribution in [3.8, 4) is 0 Å². The molecule has 0 saturated heterocycles. The zero-order valence-corrected chi connectivity index (χ0v) is 9.15. The van der Waals surface area contributed by atoms with E-state index in [1.807, 2.05) is 36.4 Å². The standard InChI is InChI=1S/C12H11ClN2/c1-9(12-6-3-7-14-15-12)10-4-2-5-11(13)8-10/h2-9H,1H3. The van der Waals surface area contributed by atoms with Crippen LogP contribution in [0.5, 0.6) is 0 Å². The van der Waals surface area contributed by atoms with Gasteiger partial charge in [0.1, 0.15) is 0 Å². The van der Waals surface area contributed by atoms with Crippen molar-refractivity contribution in [3.63, 3.8) is 0 Å². The van der Waals surface area contributed by atoms with Gasteiger partial charge in [-0.15, -0.1) is 0 Å². The molecular weight excluding hydrogens is 208 g/mol. The largest absolute Gasteiger partial charge is 0.159 e. The van der Waals surface area contributed by atoms with Crippen molar-refractivity contribution in [1.82, 2.24) is 10.2 Å². The third kappa shape index (κ3) is 2.34. The lowest BCUT2D eigenvalue weighted by molar-refractivity contribution is 0.822. The summed E-state index contributed by atoms with van der Waals surface area (Å²) in [5.41, 5.74) is 2.11. The molecule has 1 atom stereocenters. The summed E-state index contributed by atoms with van der Waals surface area (Å²) in [7, 11) is 0. The van der Waals surface area contributed by atoms with Crippen LogP contribution in [-0.4, -0.2) is 10.2 Å². The molecule has 0 aliphatic heterocycles. The van der Waals surface area contributed by atoms with Gasteiger partial charge in [0.2, 0.25) is 0 Å². The van der Waals surface area contributed by atoms with Gasteiger partial charge in [-0.2, -0.15) is 10.2 Å². The molecule has 0 aliphatic rings. The lowest BCUT2D eigenvalue weighted by atomic mass is 9.98. The lowest BCUT2D eigenvalue weighted by Crippen LogP contribution is -1.99. The van der Waals surface area contributed by atoms with E-state index < -0.39 is 0 Å². The molecule has 1 aromatic carbocycles.